The molecule has 0 bridgehead atoms. The Morgan fingerprint density at radius 2 is 1.96 bits per heavy atom. The largest absolute Gasteiger partial charge is 0.494 e. The highest BCUT2D eigenvalue weighted by Crippen LogP contribution is 2.24. The molecular formula is C18H21ClN2O4S. The Bertz CT molecular complexity index is 900. The van der Waals surface area contributed by atoms with Crippen LogP contribution in [-0.2, 0) is 16.6 Å². The van der Waals surface area contributed by atoms with Gasteiger partial charge in [0.15, 0.2) is 0 Å². The van der Waals surface area contributed by atoms with Crippen molar-refractivity contribution in [2.75, 3.05) is 24.2 Å². The van der Waals surface area contributed by atoms with Gasteiger partial charge in [-0.05, 0) is 42.8 Å². The lowest BCUT2D eigenvalue weighted by Gasteiger charge is -2.17. The lowest BCUT2D eigenvalue weighted by atomic mass is 10.1. The van der Waals surface area contributed by atoms with Gasteiger partial charge >= 0.3 is 0 Å². The van der Waals surface area contributed by atoms with Crippen LogP contribution in [0.2, 0.25) is 5.02 Å². The molecule has 8 heteroatoms. The van der Waals surface area contributed by atoms with Gasteiger partial charge in [0.2, 0.25) is 10.0 Å². The summed E-state index contributed by atoms with van der Waals surface area (Å²) in [5.41, 5.74) is 1.56. The number of sulfonamides is 1. The number of amides is 1. The van der Waals surface area contributed by atoms with Crippen molar-refractivity contribution in [1.29, 1.82) is 0 Å². The number of nitrogens with zero attached hydrogens (tertiary/aromatic N) is 1. The predicted octanol–water partition coefficient (Wildman–Crippen LogP) is 3.06. The van der Waals surface area contributed by atoms with E-state index in [1.807, 2.05) is 31.2 Å². The van der Waals surface area contributed by atoms with Crippen molar-refractivity contribution < 1.29 is 17.9 Å². The summed E-state index contributed by atoms with van der Waals surface area (Å²) in [5.74, 6) is 0.399. The Morgan fingerprint density at radius 1 is 1.23 bits per heavy atom. The standard InChI is InChI=1S/C18H21ClN2O4S/c1-4-25-15-7-5-6-13(10-15)12-20-18(22)16-9-8-14(11-17(16)19)21(2)26(3,23)24/h5-11H,4,12H2,1-3H3,(H,20,22). The number of halogens is 1. The Kier molecular flexibility index (Phi) is 6.50. The number of carbonyl (C=O) groups is 1. The Hall–Kier alpha value is -2.25. The van der Waals surface area contributed by atoms with Crippen molar-refractivity contribution >= 4 is 33.2 Å². The van der Waals surface area contributed by atoms with E-state index < -0.39 is 10.0 Å². The molecule has 140 valence electrons. The molecule has 2 rings (SSSR count). The summed E-state index contributed by atoms with van der Waals surface area (Å²) in [6.07, 6.45) is 1.10. The second-order valence-electron chi connectivity index (χ2n) is 5.66. The normalized spacial score (nSPS) is 11.1. The number of ether oxygens (including phenoxy) is 1. The number of benzene rings is 2. The molecule has 0 heterocycles. The molecule has 0 saturated heterocycles. The maximum atomic E-state index is 12.4. The molecule has 0 atom stereocenters. The van der Waals surface area contributed by atoms with E-state index in [9.17, 15) is 13.2 Å². The zero-order valence-corrected chi connectivity index (χ0v) is 16.4. The quantitative estimate of drug-likeness (QED) is 0.780. The maximum absolute atomic E-state index is 12.4. The minimum absolute atomic E-state index is 0.179. The van der Waals surface area contributed by atoms with Crippen molar-refractivity contribution in [2.45, 2.75) is 13.5 Å². The van der Waals surface area contributed by atoms with Crippen LogP contribution in [0.5, 0.6) is 5.75 Å². The molecule has 0 aliphatic carbocycles. The summed E-state index contributed by atoms with van der Waals surface area (Å²) in [7, 11) is -1.98. The van der Waals surface area contributed by atoms with E-state index in [4.69, 9.17) is 16.3 Å². The minimum Gasteiger partial charge on any atom is -0.494 e. The fourth-order valence-corrected chi connectivity index (χ4v) is 3.02. The summed E-state index contributed by atoms with van der Waals surface area (Å²) in [4.78, 5) is 12.4. The molecule has 2 aromatic rings. The maximum Gasteiger partial charge on any atom is 0.253 e. The first kappa shape index (κ1) is 20.1. The van der Waals surface area contributed by atoms with Crippen LogP contribution in [0, 0.1) is 0 Å². The molecule has 6 nitrogen and oxygen atoms in total. The third-order valence-electron chi connectivity index (χ3n) is 3.72. The topological polar surface area (TPSA) is 75.7 Å². The van der Waals surface area contributed by atoms with Crippen molar-refractivity contribution in [1.82, 2.24) is 5.32 Å². The number of anilines is 1. The van der Waals surface area contributed by atoms with Gasteiger partial charge in [-0.1, -0.05) is 23.7 Å². The Labute approximate surface area is 158 Å². The highest BCUT2D eigenvalue weighted by Gasteiger charge is 2.16. The zero-order valence-electron chi connectivity index (χ0n) is 14.8. The number of nitrogens with one attached hydrogen (secondary N) is 1. The molecule has 0 fully saturated rings. The summed E-state index contributed by atoms with van der Waals surface area (Å²) < 4.78 is 29.7. The smallest absolute Gasteiger partial charge is 0.253 e. The average molecular weight is 397 g/mol. The van der Waals surface area contributed by atoms with E-state index in [1.54, 1.807) is 0 Å². The molecule has 0 radical (unpaired) electrons. The Morgan fingerprint density at radius 3 is 2.58 bits per heavy atom. The van der Waals surface area contributed by atoms with Crippen molar-refractivity contribution in [3.8, 4) is 5.75 Å². The number of hydrogen-bond donors (Lipinski definition) is 1. The van der Waals surface area contributed by atoms with E-state index in [1.165, 1.54) is 25.2 Å². The molecule has 0 aliphatic heterocycles. The molecule has 1 amide bonds. The minimum atomic E-state index is -3.40. The second kappa shape index (κ2) is 8.42. The first-order chi connectivity index (χ1) is 12.2. The molecule has 0 unspecified atom stereocenters. The third kappa shape index (κ3) is 5.12. The van der Waals surface area contributed by atoms with Gasteiger partial charge in [-0.3, -0.25) is 9.10 Å². The van der Waals surface area contributed by atoms with E-state index in [2.05, 4.69) is 5.32 Å². The molecule has 0 spiro atoms. The number of hydrogen-bond acceptors (Lipinski definition) is 4. The van der Waals surface area contributed by atoms with Gasteiger partial charge in [-0.25, -0.2) is 8.42 Å². The lowest BCUT2D eigenvalue weighted by molar-refractivity contribution is 0.0951. The average Bonchev–Trinajstić information content (AvgIpc) is 2.58. The fraction of sp³-hybridized carbons (Fsp3) is 0.278. The summed E-state index contributed by atoms with van der Waals surface area (Å²) in [6.45, 7) is 2.79. The van der Waals surface area contributed by atoms with Crippen LogP contribution < -0.4 is 14.4 Å². The zero-order chi connectivity index (χ0) is 19.3. The third-order valence-corrected chi connectivity index (χ3v) is 5.24. The van der Waals surface area contributed by atoms with Crippen molar-refractivity contribution in [3.05, 3.63) is 58.6 Å². The van der Waals surface area contributed by atoms with Crippen LogP contribution in [0.1, 0.15) is 22.8 Å². The predicted molar refractivity (Wildman–Crippen MR) is 103 cm³/mol. The van der Waals surface area contributed by atoms with Gasteiger partial charge in [-0.15, -0.1) is 0 Å². The Balaban J connectivity index is 2.09. The second-order valence-corrected chi connectivity index (χ2v) is 8.08. The van der Waals surface area contributed by atoms with Gasteiger partial charge in [-0.2, -0.15) is 0 Å². The van der Waals surface area contributed by atoms with Gasteiger partial charge < -0.3 is 10.1 Å². The first-order valence-electron chi connectivity index (χ1n) is 7.95. The summed E-state index contributed by atoms with van der Waals surface area (Å²) in [5, 5.41) is 2.97. The van der Waals surface area contributed by atoms with Crippen LogP contribution >= 0.6 is 11.6 Å². The van der Waals surface area contributed by atoms with Gasteiger partial charge in [0.1, 0.15) is 5.75 Å². The van der Waals surface area contributed by atoms with Crippen molar-refractivity contribution in [3.63, 3.8) is 0 Å². The number of carbonyl (C=O) groups excluding carboxylic acids is 1. The molecule has 26 heavy (non-hydrogen) atoms. The fourth-order valence-electron chi connectivity index (χ4n) is 2.26. The van der Waals surface area contributed by atoms with Gasteiger partial charge in [0.05, 0.1) is 29.1 Å². The highest BCUT2D eigenvalue weighted by molar-refractivity contribution is 7.92. The lowest BCUT2D eigenvalue weighted by Crippen LogP contribution is -2.26. The molecular weight excluding hydrogens is 376 g/mol. The van der Waals surface area contributed by atoms with Gasteiger partial charge in [0.25, 0.3) is 5.91 Å². The summed E-state index contributed by atoms with van der Waals surface area (Å²) >= 11 is 6.16. The monoisotopic (exact) mass is 396 g/mol. The van der Waals surface area contributed by atoms with Crippen LogP contribution in [0.25, 0.3) is 0 Å². The van der Waals surface area contributed by atoms with Crippen LogP contribution in [0.4, 0.5) is 5.69 Å². The SMILES string of the molecule is CCOc1cccc(CNC(=O)c2ccc(N(C)S(C)(=O)=O)cc2Cl)c1. The van der Waals surface area contributed by atoms with Crippen LogP contribution in [-0.4, -0.2) is 34.2 Å². The molecule has 0 saturated carbocycles. The molecule has 0 aliphatic rings. The van der Waals surface area contributed by atoms with E-state index in [0.717, 1.165) is 21.9 Å². The van der Waals surface area contributed by atoms with E-state index >= 15 is 0 Å². The van der Waals surface area contributed by atoms with Crippen LogP contribution in [0.15, 0.2) is 42.5 Å². The number of rotatable bonds is 7. The molecule has 0 aromatic heterocycles. The molecule has 1 N–H and O–H groups in total. The highest BCUT2D eigenvalue weighted by atomic mass is 35.5. The van der Waals surface area contributed by atoms with E-state index in [-0.39, 0.29) is 16.5 Å². The van der Waals surface area contributed by atoms with Crippen molar-refractivity contribution in [2.24, 2.45) is 0 Å². The van der Waals surface area contributed by atoms with Crippen LogP contribution in [0.3, 0.4) is 0 Å². The molecule has 2 aromatic carbocycles. The summed E-state index contributed by atoms with van der Waals surface area (Å²) in [6, 6.07) is 11.9. The van der Waals surface area contributed by atoms with E-state index in [0.29, 0.717) is 18.8 Å². The first-order valence-corrected chi connectivity index (χ1v) is 10.2. The van der Waals surface area contributed by atoms with Gasteiger partial charge in [0, 0.05) is 13.6 Å².